The highest BCUT2D eigenvalue weighted by molar-refractivity contribution is 5.69. The van der Waals surface area contributed by atoms with E-state index in [1.54, 1.807) is 13.8 Å². The van der Waals surface area contributed by atoms with Crippen molar-refractivity contribution in [3.8, 4) is 0 Å². The van der Waals surface area contributed by atoms with Crippen LogP contribution in [0.4, 0.5) is 5.82 Å². The summed E-state index contributed by atoms with van der Waals surface area (Å²) >= 11 is 0. The second kappa shape index (κ2) is 4.44. The van der Waals surface area contributed by atoms with Crippen molar-refractivity contribution in [2.24, 2.45) is 0 Å². The predicted molar refractivity (Wildman–Crippen MR) is 66.8 cm³/mol. The van der Waals surface area contributed by atoms with Gasteiger partial charge in [0.1, 0.15) is 11.6 Å². The van der Waals surface area contributed by atoms with Crippen LogP contribution < -0.4 is 10.9 Å². The first kappa shape index (κ1) is 12.6. The van der Waals surface area contributed by atoms with Gasteiger partial charge >= 0.3 is 5.97 Å². The molecule has 0 aliphatic heterocycles. The van der Waals surface area contributed by atoms with E-state index in [9.17, 15) is 9.59 Å². The summed E-state index contributed by atoms with van der Waals surface area (Å²) in [5, 5.41) is 11.8. The van der Waals surface area contributed by atoms with Gasteiger partial charge in [0, 0.05) is 17.5 Å². The number of carboxylic acid groups (broad SMARTS) is 1. The van der Waals surface area contributed by atoms with Crippen LogP contribution in [0.3, 0.4) is 0 Å². The van der Waals surface area contributed by atoms with Gasteiger partial charge in [-0.15, -0.1) is 0 Å². The smallest absolute Gasteiger partial charge is 0.305 e. The number of carboxylic acids is 1. The number of aromatic nitrogens is 2. The number of anilines is 1. The number of hydrogen-bond donors (Lipinski definition) is 3. The molecule has 1 heterocycles. The van der Waals surface area contributed by atoms with E-state index >= 15 is 0 Å². The van der Waals surface area contributed by atoms with Crippen LogP contribution in [-0.2, 0) is 4.79 Å². The average molecular weight is 251 g/mol. The highest BCUT2D eigenvalue weighted by Crippen LogP contribution is 2.37. The zero-order chi connectivity index (χ0) is 13.3. The Morgan fingerprint density at radius 3 is 2.83 bits per heavy atom. The van der Waals surface area contributed by atoms with Gasteiger partial charge in [-0.1, -0.05) is 0 Å². The summed E-state index contributed by atoms with van der Waals surface area (Å²) in [4.78, 5) is 29.3. The molecule has 2 rings (SSSR count). The van der Waals surface area contributed by atoms with Gasteiger partial charge in [-0.05, 0) is 26.7 Å². The molecule has 1 fully saturated rings. The molecular formula is C12H17N3O3. The lowest BCUT2D eigenvalue weighted by Gasteiger charge is -2.24. The van der Waals surface area contributed by atoms with Crippen LogP contribution in [0.1, 0.15) is 44.9 Å². The molecule has 0 amide bonds. The number of H-pyrrole nitrogens is 1. The Hall–Kier alpha value is -1.85. The molecule has 3 N–H and O–H groups in total. The lowest BCUT2D eigenvalue weighted by molar-refractivity contribution is -0.137. The largest absolute Gasteiger partial charge is 0.481 e. The maximum absolute atomic E-state index is 11.5. The van der Waals surface area contributed by atoms with Crippen molar-refractivity contribution in [2.75, 3.05) is 5.32 Å². The summed E-state index contributed by atoms with van der Waals surface area (Å²) in [5.41, 5.74) is -0.853. The maximum atomic E-state index is 11.5. The molecule has 1 saturated carbocycles. The Morgan fingerprint density at radius 2 is 2.28 bits per heavy atom. The number of carbonyl (C=O) groups is 1. The Balaban J connectivity index is 2.17. The minimum Gasteiger partial charge on any atom is -0.481 e. The zero-order valence-corrected chi connectivity index (χ0v) is 10.5. The molecule has 0 bridgehead atoms. The summed E-state index contributed by atoms with van der Waals surface area (Å²) in [6.45, 7) is 3.53. The van der Waals surface area contributed by atoms with Crippen molar-refractivity contribution in [3.63, 3.8) is 0 Å². The number of aromatic amines is 1. The monoisotopic (exact) mass is 251 g/mol. The molecule has 0 atom stereocenters. The van der Waals surface area contributed by atoms with Crippen molar-refractivity contribution in [2.45, 2.75) is 44.6 Å². The zero-order valence-electron chi connectivity index (χ0n) is 10.5. The molecule has 0 radical (unpaired) electrons. The lowest BCUT2D eigenvalue weighted by Crippen LogP contribution is -2.34. The third-order valence-corrected chi connectivity index (χ3v) is 2.78. The molecule has 6 heteroatoms. The van der Waals surface area contributed by atoms with Gasteiger partial charge in [-0.2, -0.15) is 0 Å². The summed E-state index contributed by atoms with van der Waals surface area (Å²) in [6.07, 6.45) is 2.05. The van der Waals surface area contributed by atoms with Gasteiger partial charge in [0.25, 0.3) is 5.56 Å². The first-order chi connectivity index (χ1) is 8.35. The quantitative estimate of drug-likeness (QED) is 0.733. The van der Waals surface area contributed by atoms with Crippen molar-refractivity contribution in [1.29, 1.82) is 0 Å². The van der Waals surface area contributed by atoms with Crippen molar-refractivity contribution in [1.82, 2.24) is 9.97 Å². The van der Waals surface area contributed by atoms with Crippen LogP contribution in [0.2, 0.25) is 0 Å². The predicted octanol–water partition coefficient (Wildman–Crippen LogP) is 1.31. The number of nitrogens with one attached hydrogen (secondary N) is 2. The van der Waals surface area contributed by atoms with Crippen LogP contribution in [0.15, 0.2) is 10.9 Å². The number of hydrogen-bond acceptors (Lipinski definition) is 4. The fourth-order valence-corrected chi connectivity index (χ4v) is 1.86. The summed E-state index contributed by atoms with van der Waals surface area (Å²) < 4.78 is 0. The van der Waals surface area contributed by atoms with Crippen LogP contribution in [0.25, 0.3) is 0 Å². The van der Waals surface area contributed by atoms with Crippen LogP contribution in [0, 0.1) is 0 Å². The van der Waals surface area contributed by atoms with Crippen molar-refractivity contribution >= 4 is 11.8 Å². The molecule has 1 aromatic heterocycles. The van der Waals surface area contributed by atoms with Crippen molar-refractivity contribution in [3.05, 3.63) is 22.2 Å². The molecule has 0 saturated heterocycles. The van der Waals surface area contributed by atoms with E-state index in [-0.39, 0.29) is 12.0 Å². The number of rotatable bonds is 5. The Morgan fingerprint density at radius 1 is 1.61 bits per heavy atom. The summed E-state index contributed by atoms with van der Waals surface area (Å²) in [5.74, 6) is 0.588. The van der Waals surface area contributed by atoms with E-state index in [1.165, 1.54) is 6.07 Å². The van der Waals surface area contributed by atoms with Gasteiger partial charge < -0.3 is 15.4 Å². The van der Waals surface area contributed by atoms with Crippen molar-refractivity contribution < 1.29 is 9.90 Å². The molecule has 0 unspecified atom stereocenters. The molecule has 6 nitrogen and oxygen atoms in total. The normalized spacial score (nSPS) is 15.4. The highest BCUT2D eigenvalue weighted by atomic mass is 16.4. The van der Waals surface area contributed by atoms with E-state index in [0.717, 1.165) is 12.8 Å². The third-order valence-electron chi connectivity index (χ3n) is 2.78. The van der Waals surface area contributed by atoms with E-state index in [1.807, 2.05) is 0 Å². The molecular weight excluding hydrogens is 234 g/mol. The Bertz CT molecular complexity index is 518. The highest BCUT2D eigenvalue weighted by Gasteiger charge is 2.27. The fourth-order valence-electron chi connectivity index (χ4n) is 1.86. The van der Waals surface area contributed by atoms with Gasteiger partial charge in [0.15, 0.2) is 0 Å². The average Bonchev–Trinajstić information content (AvgIpc) is 2.95. The van der Waals surface area contributed by atoms with Gasteiger partial charge in [-0.3, -0.25) is 9.59 Å². The lowest BCUT2D eigenvalue weighted by atomic mass is 10.0. The van der Waals surface area contributed by atoms with E-state index in [4.69, 9.17) is 5.11 Å². The Kier molecular flexibility index (Phi) is 3.11. The minimum absolute atomic E-state index is 0.0414. The van der Waals surface area contributed by atoms with Gasteiger partial charge in [0.05, 0.1) is 6.42 Å². The topological polar surface area (TPSA) is 95.1 Å². The van der Waals surface area contributed by atoms with E-state index in [2.05, 4.69) is 15.3 Å². The third kappa shape index (κ3) is 3.32. The van der Waals surface area contributed by atoms with Gasteiger partial charge in [-0.25, -0.2) is 4.98 Å². The maximum Gasteiger partial charge on any atom is 0.305 e. The second-order valence-electron chi connectivity index (χ2n) is 5.37. The van der Waals surface area contributed by atoms with Crippen LogP contribution in [-0.4, -0.2) is 26.6 Å². The Labute approximate surface area is 104 Å². The minimum atomic E-state index is -0.889. The first-order valence-corrected chi connectivity index (χ1v) is 5.97. The molecule has 18 heavy (non-hydrogen) atoms. The van der Waals surface area contributed by atoms with Gasteiger partial charge in [0.2, 0.25) is 0 Å². The van der Waals surface area contributed by atoms with Crippen LogP contribution >= 0.6 is 0 Å². The summed E-state index contributed by atoms with van der Waals surface area (Å²) in [6, 6.07) is 1.36. The molecule has 98 valence electrons. The standard InChI is InChI=1S/C12H17N3O3/c1-12(2,6-10(17)18)15-8-5-9(16)14-11(13-8)7-3-4-7/h5,7H,3-4,6H2,1-2H3,(H,17,18)(H2,13,14,15,16). The van der Waals surface area contributed by atoms with Crippen LogP contribution in [0.5, 0.6) is 0 Å². The molecule has 0 spiro atoms. The molecule has 1 aliphatic rings. The fraction of sp³-hybridized carbons (Fsp3) is 0.583. The molecule has 1 aliphatic carbocycles. The summed E-state index contributed by atoms with van der Waals surface area (Å²) in [7, 11) is 0. The molecule has 0 aromatic carbocycles. The van der Waals surface area contributed by atoms with E-state index < -0.39 is 11.5 Å². The first-order valence-electron chi connectivity index (χ1n) is 5.97. The second-order valence-corrected chi connectivity index (χ2v) is 5.37. The van der Waals surface area contributed by atoms with E-state index in [0.29, 0.717) is 17.6 Å². The SMILES string of the molecule is CC(C)(CC(=O)O)Nc1cc(=O)[nH]c(C2CC2)n1. The molecule has 1 aromatic rings. The number of aliphatic carboxylic acids is 1. The number of nitrogens with zero attached hydrogens (tertiary/aromatic N) is 1.